The number of hydrogen-bond acceptors (Lipinski definition) is 3. The van der Waals surface area contributed by atoms with Crippen LogP contribution in [0.5, 0.6) is 0 Å². The van der Waals surface area contributed by atoms with Crippen LogP contribution in [0.2, 0.25) is 0 Å². The molecule has 1 aromatic rings. The zero-order chi connectivity index (χ0) is 11.3. The van der Waals surface area contributed by atoms with Crippen LogP contribution >= 0.6 is 0 Å². The van der Waals surface area contributed by atoms with Crippen molar-refractivity contribution in [1.29, 1.82) is 0 Å². The van der Waals surface area contributed by atoms with Gasteiger partial charge in [-0.3, -0.25) is 0 Å². The SMILES string of the molecule is C=C1C(=O)O[C@H]2Cc3ccccc3[C@H](O)[C@@H]12. The molecule has 1 fully saturated rings. The number of rotatable bonds is 0. The van der Waals surface area contributed by atoms with Gasteiger partial charge in [0, 0.05) is 12.0 Å². The highest BCUT2D eigenvalue weighted by Crippen LogP contribution is 2.43. The van der Waals surface area contributed by atoms with Crippen LogP contribution < -0.4 is 0 Å². The van der Waals surface area contributed by atoms with Gasteiger partial charge in [0.05, 0.1) is 12.0 Å². The number of esters is 1. The van der Waals surface area contributed by atoms with Gasteiger partial charge in [-0.25, -0.2) is 4.79 Å². The Morgan fingerprint density at radius 2 is 2.12 bits per heavy atom. The molecular weight excluding hydrogens is 204 g/mol. The fourth-order valence-electron chi connectivity index (χ4n) is 2.63. The smallest absolute Gasteiger partial charge is 0.334 e. The Balaban J connectivity index is 2.08. The highest BCUT2D eigenvalue weighted by atomic mass is 16.6. The fraction of sp³-hybridized carbons (Fsp3) is 0.308. The molecular formula is C13H12O3. The summed E-state index contributed by atoms with van der Waals surface area (Å²) in [6.45, 7) is 3.71. The zero-order valence-corrected chi connectivity index (χ0v) is 8.72. The molecule has 0 saturated carbocycles. The lowest BCUT2D eigenvalue weighted by molar-refractivity contribution is -0.139. The van der Waals surface area contributed by atoms with Crippen molar-refractivity contribution in [2.45, 2.75) is 18.6 Å². The molecule has 3 rings (SSSR count). The molecule has 1 N–H and O–H groups in total. The molecule has 82 valence electrons. The van der Waals surface area contributed by atoms with E-state index in [9.17, 15) is 9.90 Å². The summed E-state index contributed by atoms with van der Waals surface area (Å²) in [6, 6.07) is 7.68. The number of carbonyl (C=O) groups excluding carboxylic acids is 1. The predicted molar refractivity (Wildman–Crippen MR) is 57.6 cm³/mol. The van der Waals surface area contributed by atoms with Gasteiger partial charge in [0.25, 0.3) is 0 Å². The van der Waals surface area contributed by atoms with Crippen molar-refractivity contribution >= 4 is 5.97 Å². The fourth-order valence-corrected chi connectivity index (χ4v) is 2.63. The van der Waals surface area contributed by atoms with Crippen LogP contribution in [0.4, 0.5) is 0 Å². The Morgan fingerprint density at radius 3 is 2.94 bits per heavy atom. The van der Waals surface area contributed by atoms with Gasteiger partial charge in [-0.2, -0.15) is 0 Å². The topological polar surface area (TPSA) is 46.5 Å². The molecule has 0 spiro atoms. The van der Waals surface area contributed by atoms with Gasteiger partial charge in [-0.15, -0.1) is 0 Å². The van der Waals surface area contributed by atoms with E-state index in [0.717, 1.165) is 11.1 Å². The van der Waals surface area contributed by atoms with E-state index in [1.807, 2.05) is 24.3 Å². The number of aliphatic hydroxyl groups excluding tert-OH is 1. The molecule has 3 heteroatoms. The predicted octanol–water partition coefficient (Wildman–Crippen LogP) is 1.37. The molecule has 1 aliphatic heterocycles. The highest BCUT2D eigenvalue weighted by molar-refractivity contribution is 5.91. The van der Waals surface area contributed by atoms with Gasteiger partial charge < -0.3 is 9.84 Å². The number of ether oxygens (including phenoxy) is 1. The molecule has 1 aliphatic carbocycles. The molecule has 1 heterocycles. The Hall–Kier alpha value is -1.61. The van der Waals surface area contributed by atoms with Crippen molar-refractivity contribution in [2.24, 2.45) is 5.92 Å². The third kappa shape index (κ3) is 1.15. The van der Waals surface area contributed by atoms with Gasteiger partial charge in [0.1, 0.15) is 6.10 Å². The Kier molecular flexibility index (Phi) is 1.91. The highest BCUT2D eigenvalue weighted by Gasteiger charge is 2.46. The lowest BCUT2D eigenvalue weighted by Crippen LogP contribution is -2.31. The maximum absolute atomic E-state index is 11.4. The average molecular weight is 216 g/mol. The maximum Gasteiger partial charge on any atom is 0.334 e. The van der Waals surface area contributed by atoms with E-state index >= 15 is 0 Å². The Labute approximate surface area is 93.4 Å². The summed E-state index contributed by atoms with van der Waals surface area (Å²) in [5, 5.41) is 10.2. The second kappa shape index (κ2) is 3.19. The van der Waals surface area contributed by atoms with E-state index in [1.165, 1.54) is 0 Å². The average Bonchev–Trinajstić information content (AvgIpc) is 2.55. The van der Waals surface area contributed by atoms with Crippen LogP contribution in [0.15, 0.2) is 36.4 Å². The van der Waals surface area contributed by atoms with Crippen molar-refractivity contribution in [3.63, 3.8) is 0 Å². The first-order chi connectivity index (χ1) is 7.68. The van der Waals surface area contributed by atoms with Crippen LogP contribution in [0.3, 0.4) is 0 Å². The zero-order valence-electron chi connectivity index (χ0n) is 8.72. The Bertz CT molecular complexity index is 478. The van der Waals surface area contributed by atoms with Crippen LogP contribution in [0.1, 0.15) is 17.2 Å². The molecule has 2 aliphatic rings. The van der Waals surface area contributed by atoms with E-state index < -0.39 is 6.10 Å². The summed E-state index contributed by atoms with van der Waals surface area (Å²) < 4.78 is 5.21. The number of aliphatic hydroxyl groups is 1. The van der Waals surface area contributed by atoms with E-state index in [1.54, 1.807) is 0 Å². The first-order valence-electron chi connectivity index (χ1n) is 5.34. The molecule has 0 aromatic heterocycles. The van der Waals surface area contributed by atoms with Crippen LogP contribution in [-0.2, 0) is 16.0 Å². The third-order valence-electron chi connectivity index (χ3n) is 3.46. The monoisotopic (exact) mass is 216 g/mol. The van der Waals surface area contributed by atoms with Crippen molar-refractivity contribution < 1.29 is 14.6 Å². The number of carbonyl (C=O) groups is 1. The first-order valence-corrected chi connectivity index (χ1v) is 5.34. The summed E-state index contributed by atoms with van der Waals surface area (Å²) in [4.78, 5) is 11.4. The maximum atomic E-state index is 11.4. The molecule has 1 aromatic carbocycles. The number of fused-ring (bicyclic) bond motifs is 2. The molecule has 16 heavy (non-hydrogen) atoms. The van der Waals surface area contributed by atoms with Crippen LogP contribution in [-0.4, -0.2) is 17.2 Å². The number of benzene rings is 1. The molecule has 0 unspecified atom stereocenters. The van der Waals surface area contributed by atoms with Crippen molar-refractivity contribution in [3.05, 3.63) is 47.5 Å². The first kappa shape index (κ1) is 9.60. The second-order valence-electron chi connectivity index (χ2n) is 4.34. The van der Waals surface area contributed by atoms with E-state index in [0.29, 0.717) is 12.0 Å². The minimum absolute atomic E-state index is 0.245. The minimum atomic E-state index is -0.672. The van der Waals surface area contributed by atoms with Gasteiger partial charge in [0.15, 0.2) is 0 Å². The minimum Gasteiger partial charge on any atom is -0.458 e. The summed E-state index contributed by atoms with van der Waals surface area (Å²) in [5.41, 5.74) is 2.34. The van der Waals surface area contributed by atoms with Gasteiger partial charge in [0.2, 0.25) is 0 Å². The summed E-state index contributed by atoms with van der Waals surface area (Å²) in [7, 11) is 0. The van der Waals surface area contributed by atoms with Crippen molar-refractivity contribution in [1.82, 2.24) is 0 Å². The van der Waals surface area contributed by atoms with Gasteiger partial charge in [-0.1, -0.05) is 30.8 Å². The van der Waals surface area contributed by atoms with Gasteiger partial charge >= 0.3 is 5.97 Å². The molecule has 3 atom stereocenters. The largest absolute Gasteiger partial charge is 0.458 e. The Morgan fingerprint density at radius 1 is 1.38 bits per heavy atom. The third-order valence-corrected chi connectivity index (χ3v) is 3.46. The number of hydrogen-bond donors (Lipinski definition) is 1. The molecule has 1 saturated heterocycles. The molecule has 0 radical (unpaired) electrons. The van der Waals surface area contributed by atoms with E-state index in [4.69, 9.17) is 4.74 Å². The van der Waals surface area contributed by atoms with Crippen LogP contribution in [0.25, 0.3) is 0 Å². The quantitative estimate of drug-likeness (QED) is 0.526. The van der Waals surface area contributed by atoms with Crippen molar-refractivity contribution in [3.8, 4) is 0 Å². The van der Waals surface area contributed by atoms with Crippen LogP contribution in [0, 0.1) is 5.92 Å². The standard InChI is InChI=1S/C13H12O3/c1-7-11-10(16-13(7)15)6-8-4-2-3-5-9(8)12(11)14/h2-5,10-12,14H,1,6H2/t10-,11-,12-/m0/s1. The molecule has 3 nitrogen and oxygen atoms in total. The molecule has 0 bridgehead atoms. The summed E-state index contributed by atoms with van der Waals surface area (Å²) >= 11 is 0. The summed E-state index contributed by atoms with van der Waals surface area (Å²) in [5.74, 6) is -0.649. The van der Waals surface area contributed by atoms with Crippen molar-refractivity contribution in [2.75, 3.05) is 0 Å². The molecule has 0 amide bonds. The second-order valence-corrected chi connectivity index (χ2v) is 4.34. The lowest BCUT2D eigenvalue weighted by Gasteiger charge is -2.30. The lowest BCUT2D eigenvalue weighted by atomic mass is 9.77. The normalized spacial score (nSPS) is 31.9. The van der Waals surface area contributed by atoms with Gasteiger partial charge in [-0.05, 0) is 11.1 Å². The van der Waals surface area contributed by atoms with E-state index in [2.05, 4.69) is 6.58 Å². The van der Waals surface area contributed by atoms with E-state index in [-0.39, 0.29) is 18.0 Å². The summed E-state index contributed by atoms with van der Waals surface area (Å²) in [6.07, 6.45) is -0.248.